The Morgan fingerprint density at radius 2 is 2.21 bits per heavy atom. The number of hydrazone groups is 1. The van der Waals surface area contributed by atoms with Gasteiger partial charge in [-0.1, -0.05) is 31.2 Å². The first-order valence-electron chi connectivity index (χ1n) is 4.60. The van der Waals surface area contributed by atoms with Crippen molar-refractivity contribution in [3.05, 3.63) is 35.9 Å². The highest BCUT2D eigenvalue weighted by Crippen LogP contribution is 2.15. The predicted octanol–water partition coefficient (Wildman–Crippen LogP) is 1.35. The predicted molar refractivity (Wildman–Crippen MR) is 53.7 cm³/mol. The molecule has 1 heterocycles. The second-order valence-corrected chi connectivity index (χ2v) is 3.43. The highest BCUT2D eigenvalue weighted by molar-refractivity contribution is 6.05. The summed E-state index contributed by atoms with van der Waals surface area (Å²) in [7, 11) is 0. The largest absolute Gasteiger partial charge is 0.273 e. The summed E-state index contributed by atoms with van der Waals surface area (Å²) in [4.78, 5) is 11.0. The molecule has 0 aliphatic carbocycles. The number of carbonyl (C=O) groups excluding carboxylic acids is 1. The molecule has 1 aliphatic heterocycles. The zero-order valence-corrected chi connectivity index (χ0v) is 7.95. The Bertz CT molecular complexity index is 370. The molecule has 0 saturated heterocycles. The van der Waals surface area contributed by atoms with Crippen molar-refractivity contribution >= 4 is 11.6 Å². The summed E-state index contributed by atoms with van der Waals surface area (Å²) in [6, 6.07) is 10.6. The monoisotopic (exact) mass is 187 g/mol. The van der Waals surface area contributed by atoms with Crippen LogP contribution < -0.4 is 5.43 Å². The Kier molecular flexibility index (Phi) is 2.31. The molecule has 1 aromatic rings. The number of benzene rings is 1. The van der Waals surface area contributed by atoms with Crippen LogP contribution in [0.25, 0.3) is 0 Å². The standard InChI is InChI=1S/C11H11N2O/c1-8-7-10(14)12-13-11(8)9-5-3-2-4-6-9/h3-6,8H,7H2,1H3,(H,12,14)/t8-/m1/s1. The summed E-state index contributed by atoms with van der Waals surface area (Å²) in [5.74, 6) is 0.176. The molecule has 2 rings (SSSR count). The van der Waals surface area contributed by atoms with Crippen LogP contribution in [-0.4, -0.2) is 11.6 Å². The molecule has 0 unspecified atom stereocenters. The second-order valence-electron chi connectivity index (χ2n) is 3.43. The third-order valence-corrected chi connectivity index (χ3v) is 2.27. The van der Waals surface area contributed by atoms with Gasteiger partial charge in [0.25, 0.3) is 0 Å². The van der Waals surface area contributed by atoms with Gasteiger partial charge in [-0.15, -0.1) is 0 Å². The third kappa shape index (κ3) is 1.66. The molecule has 1 amide bonds. The van der Waals surface area contributed by atoms with Crippen molar-refractivity contribution in [1.29, 1.82) is 0 Å². The molecule has 3 heteroatoms. The van der Waals surface area contributed by atoms with Crippen LogP contribution in [-0.2, 0) is 4.79 Å². The first-order chi connectivity index (χ1) is 6.77. The minimum absolute atomic E-state index is 0.0104. The maximum absolute atomic E-state index is 11.0. The molecule has 1 aromatic carbocycles. The number of carbonyl (C=O) groups is 1. The Morgan fingerprint density at radius 1 is 1.50 bits per heavy atom. The van der Waals surface area contributed by atoms with Gasteiger partial charge < -0.3 is 0 Å². The van der Waals surface area contributed by atoms with E-state index < -0.39 is 0 Å². The summed E-state index contributed by atoms with van der Waals surface area (Å²) in [5, 5.41) is 4.06. The molecule has 14 heavy (non-hydrogen) atoms. The first kappa shape index (κ1) is 8.94. The zero-order chi connectivity index (χ0) is 9.97. The number of hydrogen-bond donors (Lipinski definition) is 1. The average molecular weight is 187 g/mol. The summed E-state index contributed by atoms with van der Waals surface area (Å²) >= 11 is 0. The lowest BCUT2D eigenvalue weighted by atomic mass is 9.94. The molecule has 71 valence electrons. The maximum Gasteiger partial charge on any atom is 0.240 e. The van der Waals surface area contributed by atoms with Crippen LogP contribution in [0.4, 0.5) is 0 Å². The number of nitrogens with one attached hydrogen (secondary N) is 1. The molecule has 0 saturated carbocycles. The molecule has 1 N–H and O–H groups in total. The molecule has 0 aromatic heterocycles. The molecule has 1 aliphatic rings. The Morgan fingerprint density at radius 3 is 2.86 bits per heavy atom. The summed E-state index contributed by atoms with van der Waals surface area (Å²) in [6.45, 7) is 2.01. The van der Waals surface area contributed by atoms with Crippen LogP contribution >= 0.6 is 0 Å². The third-order valence-electron chi connectivity index (χ3n) is 2.27. The first-order valence-corrected chi connectivity index (χ1v) is 4.60. The smallest absolute Gasteiger partial charge is 0.240 e. The molecule has 3 nitrogen and oxygen atoms in total. The number of amides is 1. The van der Waals surface area contributed by atoms with Gasteiger partial charge in [-0.3, -0.25) is 4.79 Å². The fraction of sp³-hybridized carbons (Fsp3) is 0.273. The normalized spacial score (nSPS) is 21.4. The van der Waals surface area contributed by atoms with Gasteiger partial charge >= 0.3 is 0 Å². The van der Waals surface area contributed by atoms with E-state index >= 15 is 0 Å². The minimum Gasteiger partial charge on any atom is -0.273 e. The van der Waals surface area contributed by atoms with E-state index in [1.165, 1.54) is 0 Å². The van der Waals surface area contributed by atoms with Crippen LogP contribution in [0.15, 0.2) is 29.4 Å². The van der Waals surface area contributed by atoms with Gasteiger partial charge in [-0.2, -0.15) is 5.10 Å². The molecule has 1 radical (unpaired) electrons. The van der Waals surface area contributed by atoms with Crippen molar-refractivity contribution in [2.75, 3.05) is 0 Å². The van der Waals surface area contributed by atoms with Gasteiger partial charge in [0.2, 0.25) is 5.91 Å². The summed E-state index contributed by atoms with van der Waals surface area (Å²) in [5.41, 5.74) is 4.50. The van der Waals surface area contributed by atoms with Gasteiger partial charge in [0.05, 0.1) is 5.71 Å². The van der Waals surface area contributed by atoms with Crippen LogP contribution in [0.1, 0.15) is 18.9 Å². The van der Waals surface area contributed by atoms with E-state index in [2.05, 4.69) is 16.6 Å². The van der Waals surface area contributed by atoms with E-state index in [-0.39, 0.29) is 11.8 Å². The quantitative estimate of drug-likeness (QED) is 0.708. The molecule has 0 spiro atoms. The van der Waals surface area contributed by atoms with E-state index in [9.17, 15) is 4.79 Å². The van der Waals surface area contributed by atoms with Gasteiger partial charge in [-0.05, 0) is 11.6 Å². The summed E-state index contributed by atoms with van der Waals surface area (Å²) < 4.78 is 0. The average Bonchev–Trinajstić information content (AvgIpc) is 2.19. The zero-order valence-electron chi connectivity index (χ0n) is 7.95. The van der Waals surface area contributed by atoms with Crippen LogP contribution in [0, 0.1) is 12.0 Å². The van der Waals surface area contributed by atoms with Crippen LogP contribution in [0.2, 0.25) is 0 Å². The second kappa shape index (κ2) is 3.62. The highest BCUT2D eigenvalue weighted by Gasteiger charge is 2.20. The summed E-state index contributed by atoms with van der Waals surface area (Å²) in [6.07, 6.45) is 0.511. The van der Waals surface area contributed by atoms with Crippen molar-refractivity contribution in [1.82, 2.24) is 5.43 Å². The fourth-order valence-electron chi connectivity index (χ4n) is 1.56. The van der Waals surface area contributed by atoms with Gasteiger partial charge in [0.1, 0.15) is 0 Å². The fourth-order valence-corrected chi connectivity index (χ4v) is 1.56. The van der Waals surface area contributed by atoms with E-state index in [4.69, 9.17) is 0 Å². The molecule has 0 bridgehead atoms. The SMILES string of the molecule is C[C@@H]1CC(=O)NN=C1c1cc[c]cc1. The van der Waals surface area contributed by atoms with Crippen molar-refractivity contribution in [2.45, 2.75) is 13.3 Å². The highest BCUT2D eigenvalue weighted by atomic mass is 16.2. The Balaban J connectivity index is 2.31. The maximum atomic E-state index is 11.0. The van der Waals surface area contributed by atoms with Crippen molar-refractivity contribution < 1.29 is 4.79 Å². The lowest BCUT2D eigenvalue weighted by molar-refractivity contribution is -0.121. The topological polar surface area (TPSA) is 41.5 Å². The van der Waals surface area contributed by atoms with Crippen molar-refractivity contribution in [3.8, 4) is 0 Å². The lowest BCUT2D eigenvalue weighted by Crippen LogP contribution is -2.31. The minimum atomic E-state index is -0.0104. The Hall–Kier alpha value is -1.64. The van der Waals surface area contributed by atoms with E-state index in [0.717, 1.165) is 11.3 Å². The lowest BCUT2D eigenvalue weighted by Gasteiger charge is -2.18. The van der Waals surface area contributed by atoms with Gasteiger partial charge in [-0.25, -0.2) is 5.43 Å². The van der Waals surface area contributed by atoms with E-state index in [0.29, 0.717) is 6.42 Å². The van der Waals surface area contributed by atoms with Gasteiger partial charge in [0.15, 0.2) is 0 Å². The van der Waals surface area contributed by atoms with Crippen molar-refractivity contribution in [3.63, 3.8) is 0 Å². The van der Waals surface area contributed by atoms with Crippen LogP contribution in [0.3, 0.4) is 0 Å². The molecular formula is C11H11N2O. The molecule has 0 fully saturated rings. The van der Waals surface area contributed by atoms with Gasteiger partial charge in [0, 0.05) is 12.3 Å². The van der Waals surface area contributed by atoms with E-state index in [1.54, 1.807) is 0 Å². The number of hydrogen-bond acceptors (Lipinski definition) is 2. The number of rotatable bonds is 1. The van der Waals surface area contributed by atoms with E-state index in [1.807, 2.05) is 31.2 Å². The Labute approximate surface area is 82.8 Å². The molecule has 1 atom stereocenters. The van der Waals surface area contributed by atoms with Crippen molar-refractivity contribution in [2.24, 2.45) is 11.0 Å². The molecular weight excluding hydrogens is 176 g/mol. The van der Waals surface area contributed by atoms with Crippen LogP contribution in [0.5, 0.6) is 0 Å². The number of nitrogens with zero attached hydrogens (tertiary/aromatic N) is 1.